The minimum Gasteiger partial charge on any atom is -0.507 e. The largest absolute Gasteiger partial charge is 0.507 e. The number of hydrogen-bond donors (Lipinski definition) is 1. The molecule has 0 heterocycles. The second-order valence-corrected chi connectivity index (χ2v) is 11.8. The van der Waals surface area contributed by atoms with Crippen LogP contribution in [0.15, 0.2) is 42.5 Å². The highest BCUT2D eigenvalue weighted by molar-refractivity contribution is 5.97. The van der Waals surface area contributed by atoms with E-state index in [0.29, 0.717) is 13.2 Å². The van der Waals surface area contributed by atoms with Crippen molar-refractivity contribution in [1.82, 2.24) is 0 Å². The second-order valence-electron chi connectivity index (χ2n) is 11.8. The van der Waals surface area contributed by atoms with Gasteiger partial charge in [0.2, 0.25) is 0 Å². The molecular weight excluding hydrogens is 476 g/mol. The summed E-state index contributed by atoms with van der Waals surface area (Å²) in [5, 5.41) is 12.7. The van der Waals surface area contributed by atoms with Gasteiger partial charge in [0.25, 0.3) is 0 Å². The Morgan fingerprint density at radius 1 is 0.842 bits per heavy atom. The van der Waals surface area contributed by atoms with Gasteiger partial charge < -0.3 is 24.1 Å². The van der Waals surface area contributed by atoms with Crippen LogP contribution in [-0.4, -0.2) is 39.3 Å². The molecule has 3 aromatic rings. The molecule has 4 aliphatic rings. The Morgan fingerprint density at radius 3 is 2.24 bits per heavy atom. The van der Waals surface area contributed by atoms with Crippen molar-refractivity contribution in [2.75, 3.05) is 34.2 Å². The van der Waals surface area contributed by atoms with Gasteiger partial charge in [0, 0.05) is 23.4 Å². The molecule has 4 aliphatic carbocycles. The molecule has 0 radical (unpaired) electrons. The number of benzene rings is 3. The monoisotopic (exact) mass is 516 g/mol. The van der Waals surface area contributed by atoms with Crippen LogP contribution in [0, 0.1) is 17.8 Å². The van der Waals surface area contributed by atoms with Gasteiger partial charge in [0.1, 0.15) is 17.2 Å². The summed E-state index contributed by atoms with van der Waals surface area (Å²) in [7, 11) is 3.36. The molecule has 0 amide bonds. The van der Waals surface area contributed by atoms with E-state index in [4.69, 9.17) is 18.9 Å². The van der Waals surface area contributed by atoms with Crippen LogP contribution in [0.5, 0.6) is 17.2 Å². The summed E-state index contributed by atoms with van der Waals surface area (Å²) in [4.78, 5) is 0. The van der Waals surface area contributed by atoms with Crippen LogP contribution < -0.4 is 9.47 Å². The maximum absolute atomic E-state index is 11.0. The highest BCUT2D eigenvalue weighted by Crippen LogP contribution is 2.61. The molecule has 202 valence electrons. The SMILES string of the molecule is CCc1cc(O)c2cc(-c3cc(C45CC6CC(CC(C6)C4)C5)ccc3OCOCCOC)cc(OC)c2c1. The average Bonchev–Trinajstić information content (AvgIpc) is 2.91. The van der Waals surface area contributed by atoms with Gasteiger partial charge in [0.05, 0.1) is 20.3 Å². The number of rotatable bonds is 10. The first-order valence-electron chi connectivity index (χ1n) is 14.2. The first-order valence-corrected chi connectivity index (χ1v) is 14.2. The lowest BCUT2D eigenvalue weighted by Crippen LogP contribution is -2.48. The highest BCUT2D eigenvalue weighted by atomic mass is 16.7. The van der Waals surface area contributed by atoms with Crippen LogP contribution >= 0.6 is 0 Å². The zero-order valence-electron chi connectivity index (χ0n) is 22.9. The minimum atomic E-state index is 0.156. The fraction of sp³-hybridized carbons (Fsp3) is 0.515. The molecule has 5 heteroatoms. The van der Waals surface area contributed by atoms with Crippen LogP contribution in [0.1, 0.15) is 56.6 Å². The Kier molecular flexibility index (Phi) is 7.00. The normalized spacial score (nSPS) is 25.7. The van der Waals surface area contributed by atoms with Crippen LogP contribution in [0.3, 0.4) is 0 Å². The number of phenols is 1. The summed E-state index contributed by atoms with van der Waals surface area (Å²) in [6.07, 6.45) is 9.04. The van der Waals surface area contributed by atoms with E-state index in [0.717, 1.165) is 63.1 Å². The number of fused-ring (bicyclic) bond motifs is 1. The molecular formula is C33H40O5. The maximum Gasteiger partial charge on any atom is 0.189 e. The third-order valence-electron chi connectivity index (χ3n) is 9.37. The molecule has 0 unspecified atom stereocenters. The lowest BCUT2D eigenvalue weighted by molar-refractivity contribution is -0.00876. The topological polar surface area (TPSA) is 57.2 Å². The van der Waals surface area contributed by atoms with Gasteiger partial charge in [0.15, 0.2) is 6.79 Å². The van der Waals surface area contributed by atoms with Crippen molar-refractivity contribution in [3.63, 3.8) is 0 Å². The summed E-state index contributed by atoms with van der Waals surface area (Å²) in [5.74, 6) is 4.44. The summed E-state index contributed by atoms with van der Waals surface area (Å²) in [6, 6.07) is 14.9. The average molecular weight is 517 g/mol. The summed E-state index contributed by atoms with van der Waals surface area (Å²) in [5.41, 5.74) is 4.79. The van der Waals surface area contributed by atoms with Crippen LogP contribution in [0.2, 0.25) is 0 Å². The zero-order valence-corrected chi connectivity index (χ0v) is 22.9. The smallest absolute Gasteiger partial charge is 0.189 e. The molecule has 7 rings (SSSR count). The molecule has 4 fully saturated rings. The van der Waals surface area contributed by atoms with E-state index < -0.39 is 0 Å². The number of aromatic hydroxyl groups is 1. The Labute approximate surface area is 226 Å². The fourth-order valence-corrected chi connectivity index (χ4v) is 7.98. The number of hydrogen-bond acceptors (Lipinski definition) is 5. The first kappa shape index (κ1) is 25.5. The van der Waals surface area contributed by atoms with Crippen molar-refractivity contribution in [1.29, 1.82) is 0 Å². The van der Waals surface area contributed by atoms with Crippen LogP contribution in [0.25, 0.3) is 21.9 Å². The lowest BCUT2D eigenvalue weighted by Gasteiger charge is -2.57. The summed E-state index contributed by atoms with van der Waals surface area (Å²) in [6.45, 7) is 3.26. The standard InChI is InChI=1S/C33H40O5/c1-4-21-12-29-28(30(34)13-21)14-25(15-32(29)36-3)27-16-26(5-6-31(27)38-20-37-8-7-35-2)33-17-22-9-23(18-33)11-24(10-22)19-33/h5-6,12-16,22-24,34H,4,7-11,17-20H2,1-3H3. The van der Waals surface area contributed by atoms with Gasteiger partial charge in [-0.1, -0.05) is 13.0 Å². The van der Waals surface area contributed by atoms with E-state index in [2.05, 4.69) is 43.3 Å². The van der Waals surface area contributed by atoms with Gasteiger partial charge in [-0.25, -0.2) is 0 Å². The molecule has 1 N–H and O–H groups in total. The molecule has 4 bridgehead atoms. The Bertz CT molecular complexity index is 1280. The van der Waals surface area contributed by atoms with Gasteiger partial charge in [-0.15, -0.1) is 0 Å². The number of ether oxygens (including phenoxy) is 4. The molecule has 0 aliphatic heterocycles. The minimum absolute atomic E-state index is 0.156. The molecule has 0 aromatic heterocycles. The van der Waals surface area contributed by atoms with Crippen molar-refractivity contribution in [2.24, 2.45) is 17.8 Å². The van der Waals surface area contributed by atoms with Crippen molar-refractivity contribution in [3.8, 4) is 28.4 Å². The Morgan fingerprint density at radius 2 is 1.58 bits per heavy atom. The first-order chi connectivity index (χ1) is 18.5. The number of methoxy groups -OCH3 is 2. The fourth-order valence-electron chi connectivity index (χ4n) is 7.98. The van der Waals surface area contributed by atoms with Gasteiger partial charge in [-0.2, -0.15) is 0 Å². The molecule has 5 nitrogen and oxygen atoms in total. The third-order valence-corrected chi connectivity index (χ3v) is 9.37. The van der Waals surface area contributed by atoms with Crippen molar-refractivity contribution in [2.45, 2.75) is 57.3 Å². The van der Waals surface area contributed by atoms with E-state index in [1.54, 1.807) is 14.2 Å². The predicted octanol–water partition coefficient (Wildman–Crippen LogP) is 7.25. The van der Waals surface area contributed by atoms with E-state index in [9.17, 15) is 5.11 Å². The van der Waals surface area contributed by atoms with E-state index in [1.807, 2.05) is 6.07 Å². The summed E-state index contributed by atoms with van der Waals surface area (Å²) >= 11 is 0. The number of aryl methyl sites for hydroxylation is 1. The Balaban J connectivity index is 1.43. The van der Waals surface area contributed by atoms with Gasteiger partial charge in [-0.05, 0) is 121 Å². The van der Waals surface area contributed by atoms with Gasteiger partial charge >= 0.3 is 0 Å². The quantitative estimate of drug-likeness (QED) is 0.227. The van der Waals surface area contributed by atoms with E-state index in [1.165, 1.54) is 44.1 Å². The van der Waals surface area contributed by atoms with E-state index in [-0.39, 0.29) is 18.0 Å². The van der Waals surface area contributed by atoms with Crippen molar-refractivity contribution in [3.05, 3.63) is 53.6 Å². The maximum atomic E-state index is 11.0. The van der Waals surface area contributed by atoms with Crippen LogP contribution in [0.4, 0.5) is 0 Å². The van der Waals surface area contributed by atoms with Gasteiger partial charge in [-0.3, -0.25) is 0 Å². The second kappa shape index (κ2) is 10.4. The zero-order chi connectivity index (χ0) is 26.3. The van der Waals surface area contributed by atoms with Crippen LogP contribution in [-0.2, 0) is 21.3 Å². The highest BCUT2D eigenvalue weighted by Gasteiger charge is 2.51. The molecule has 38 heavy (non-hydrogen) atoms. The predicted molar refractivity (Wildman–Crippen MR) is 150 cm³/mol. The molecule has 0 atom stereocenters. The third kappa shape index (κ3) is 4.65. The Hall–Kier alpha value is -2.76. The molecule has 0 saturated heterocycles. The van der Waals surface area contributed by atoms with E-state index >= 15 is 0 Å². The molecule has 4 saturated carbocycles. The van der Waals surface area contributed by atoms with Crippen molar-refractivity contribution < 1.29 is 24.1 Å². The lowest BCUT2D eigenvalue weighted by atomic mass is 9.48. The van der Waals surface area contributed by atoms with Crippen molar-refractivity contribution >= 4 is 10.8 Å². The molecule has 3 aromatic carbocycles. The molecule has 0 spiro atoms. The number of phenolic OH excluding ortho intramolecular Hbond substituents is 1. The summed E-state index contributed by atoms with van der Waals surface area (Å²) < 4.78 is 22.8.